The predicted molar refractivity (Wildman–Crippen MR) is 114 cm³/mol. The Morgan fingerprint density at radius 3 is 1.93 bits per heavy atom. The summed E-state index contributed by atoms with van der Waals surface area (Å²) in [4.78, 5) is 39.7. The molecule has 2 aromatic carbocycles. The molecule has 6 heteroatoms. The van der Waals surface area contributed by atoms with Crippen molar-refractivity contribution in [3.05, 3.63) is 70.3 Å². The third kappa shape index (κ3) is 5.10. The van der Waals surface area contributed by atoms with Gasteiger partial charge < -0.3 is 14.5 Å². The van der Waals surface area contributed by atoms with Gasteiger partial charge in [-0.3, -0.25) is 14.4 Å². The number of methoxy groups -OCH3 is 1. The van der Waals surface area contributed by atoms with Gasteiger partial charge in [-0.15, -0.1) is 0 Å². The van der Waals surface area contributed by atoms with E-state index in [1.54, 1.807) is 64.6 Å². The maximum Gasteiger partial charge on any atom is 0.253 e. The Morgan fingerprint density at radius 2 is 1.41 bits per heavy atom. The number of amides is 2. The fourth-order valence-corrected chi connectivity index (χ4v) is 2.79. The monoisotopic (exact) mass is 394 g/mol. The second-order valence-electron chi connectivity index (χ2n) is 7.08. The number of nitrogens with zero attached hydrogens (tertiary/aromatic N) is 2. The fourth-order valence-electron chi connectivity index (χ4n) is 2.79. The SMILES string of the molecule is COc1cc(C(=O)N(C)C)c(C)cc1C=CC(=O)c1ccc(C(=O)N(C)C)cc1. The Balaban J connectivity index is 2.26. The number of allylic oxidation sites excluding steroid dienone is 1. The molecule has 2 aromatic rings. The van der Waals surface area contributed by atoms with Crippen LogP contribution in [0.25, 0.3) is 6.08 Å². The minimum atomic E-state index is -0.193. The summed E-state index contributed by atoms with van der Waals surface area (Å²) in [5.74, 6) is 0.0886. The Bertz CT molecular complexity index is 958. The highest BCUT2D eigenvalue weighted by molar-refractivity contribution is 6.07. The van der Waals surface area contributed by atoms with Crippen LogP contribution in [0.5, 0.6) is 5.75 Å². The number of carbonyl (C=O) groups excluding carboxylic acids is 3. The number of hydrogen-bond donors (Lipinski definition) is 0. The number of ether oxygens (including phenoxy) is 1. The van der Waals surface area contributed by atoms with Crippen LogP contribution in [0, 0.1) is 6.92 Å². The van der Waals surface area contributed by atoms with Gasteiger partial charge in [-0.1, -0.05) is 12.1 Å². The van der Waals surface area contributed by atoms with E-state index < -0.39 is 0 Å². The van der Waals surface area contributed by atoms with Crippen LogP contribution in [0.2, 0.25) is 0 Å². The normalized spacial score (nSPS) is 10.7. The van der Waals surface area contributed by atoms with Gasteiger partial charge >= 0.3 is 0 Å². The first-order valence-corrected chi connectivity index (χ1v) is 9.10. The highest BCUT2D eigenvalue weighted by atomic mass is 16.5. The molecule has 0 spiro atoms. The van der Waals surface area contributed by atoms with Gasteiger partial charge in [0.15, 0.2) is 5.78 Å². The van der Waals surface area contributed by atoms with Crippen molar-refractivity contribution in [3.8, 4) is 5.75 Å². The zero-order valence-corrected chi connectivity index (χ0v) is 17.6. The fraction of sp³-hybridized carbons (Fsp3) is 0.261. The van der Waals surface area contributed by atoms with Crippen molar-refractivity contribution in [3.63, 3.8) is 0 Å². The lowest BCUT2D eigenvalue weighted by atomic mass is 10.0. The zero-order valence-electron chi connectivity index (χ0n) is 17.6. The van der Waals surface area contributed by atoms with Gasteiger partial charge in [0, 0.05) is 50.4 Å². The topological polar surface area (TPSA) is 66.9 Å². The number of aryl methyl sites for hydroxylation is 1. The molecule has 0 atom stereocenters. The second-order valence-corrected chi connectivity index (χ2v) is 7.08. The maximum atomic E-state index is 12.5. The molecule has 0 N–H and O–H groups in total. The van der Waals surface area contributed by atoms with E-state index in [4.69, 9.17) is 4.74 Å². The molecule has 0 fully saturated rings. The molecule has 0 aromatic heterocycles. The third-order valence-electron chi connectivity index (χ3n) is 4.45. The molecule has 0 saturated heterocycles. The van der Waals surface area contributed by atoms with E-state index in [9.17, 15) is 14.4 Å². The molecule has 6 nitrogen and oxygen atoms in total. The summed E-state index contributed by atoms with van der Waals surface area (Å²) in [6.45, 7) is 1.84. The molecule has 2 amide bonds. The molecule has 0 saturated carbocycles. The minimum Gasteiger partial charge on any atom is -0.496 e. The van der Waals surface area contributed by atoms with Crippen molar-refractivity contribution >= 4 is 23.7 Å². The Hall–Kier alpha value is -3.41. The van der Waals surface area contributed by atoms with Crippen molar-refractivity contribution in [1.29, 1.82) is 0 Å². The lowest BCUT2D eigenvalue weighted by molar-refractivity contribution is 0.0820. The first kappa shape index (κ1) is 21.9. The van der Waals surface area contributed by atoms with E-state index in [-0.39, 0.29) is 17.6 Å². The van der Waals surface area contributed by atoms with E-state index in [0.29, 0.717) is 28.0 Å². The Labute approximate surface area is 171 Å². The van der Waals surface area contributed by atoms with Crippen molar-refractivity contribution in [1.82, 2.24) is 9.80 Å². The highest BCUT2D eigenvalue weighted by Crippen LogP contribution is 2.25. The highest BCUT2D eigenvalue weighted by Gasteiger charge is 2.15. The molecule has 0 aliphatic carbocycles. The van der Waals surface area contributed by atoms with E-state index in [2.05, 4.69) is 0 Å². The predicted octanol–water partition coefficient (Wildman–Crippen LogP) is 3.30. The van der Waals surface area contributed by atoms with Crippen molar-refractivity contribution in [2.24, 2.45) is 0 Å². The van der Waals surface area contributed by atoms with Gasteiger partial charge in [-0.2, -0.15) is 0 Å². The molecule has 0 unspecified atom stereocenters. The smallest absolute Gasteiger partial charge is 0.253 e. The van der Waals surface area contributed by atoms with Crippen molar-refractivity contribution in [2.75, 3.05) is 35.3 Å². The van der Waals surface area contributed by atoms with Crippen LogP contribution >= 0.6 is 0 Å². The van der Waals surface area contributed by atoms with Gasteiger partial charge in [-0.25, -0.2) is 0 Å². The van der Waals surface area contributed by atoms with E-state index in [1.807, 2.05) is 13.0 Å². The average molecular weight is 394 g/mol. The summed E-state index contributed by atoms with van der Waals surface area (Å²) in [5.41, 5.74) is 3.05. The van der Waals surface area contributed by atoms with Gasteiger partial charge in [0.05, 0.1) is 7.11 Å². The van der Waals surface area contributed by atoms with Crippen molar-refractivity contribution < 1.29 is 19.1 Å². The summed E-state index contributed by atoms with van der Waals surface area (Å²) in [7, 11) is 8.26. The summed E-state index contributed by atoms with van der Waals surface area (Å²) >= 11 is 0. The molecule has 152 valence electrons. The van der Waals surface area contributed by atoms with E-state index in [1.165, 1.54) is 23.0 Å². The number of ketones is 1. The van der Waals surface area contributed by atoms with Crippen LogP contribution in [0.15, 0.2) is 42.5 Å². The van der Waals surface area contributed by atoms with E-state index in [0.717, 1.165) is 5.56 Å². The maximum absolute atomic E-state index is 12.5. The lowest BCUT2D eigenvalue weighted by Gasteiger charge is -2.15. The molecule has 0 bridgehead atoms. The number of hydrogen-bond acceptors (Lipinski definition) is 4. The zero-order chi connectivity index (χ0) is 21.7. The average Bonchev–Trinajstić information content (AvgIpc) is 2.70. The molecule has 0 heterocycles. The van der Waals surface area contributed by atoms with Crippen LogP contribution in [0.3, 0.4) is 0 Å². The molecule has 0 radical (unpaired) electrons. The number of benzene rings is 2. The van der Waals surface area contributed by atoms with Gasteiger partial charge in [0.2, 0.25) is 0 Å². The molecular weight excluding hydrogens is 368 g/mol. The lowest BCUT2D eigenvalue weighted by Crippen LogP contribution is -2.22. The first-order valence-electron chi connectivity index (χ1n) is 9.10. The molecule has 2 rings (SSSR count). The van der Waals surface area contributed by atoms with Crippen molar-refractivity contribution in [2.45, 2.75) is 6.92 Å². The third-order valence-corrected chi connectivity index (χ3v) is 4.45. The Morgan fingerprint density at radius 1 is 0.862 bits per heavy atom. The first-order chi connectivity index (χ1) is 13.6. The van der Waals surface area contributed by atoms with Crippen LogP contribution in [-0.4, -0.2) is 62.7 Å². The van der Waals surface area contributed by atoms with Gasteiger partial charge in [-0.05, 0) is 48.9 Å². The summed E-state index contributed by atoms with van der Waals surface area (Å²) in [5, 5.41) is 0. The quantitative estimate of drug-likeness (QED) is 0.557. The summed E-state index contributed by atoms with van der Waals surface area (Å²) < 4.78 is 5.40. The summed E-state index contributed by atoms with van der Waals surface area (Å²) in [6, 6.07) is 10.0. The van der Waals surface area contributed by atoms with E-state index >= 15 is 0 Å². The van der Waals surface area contributed by atoms with Crippen LogP contribution in [-0.2, 0) is 0 Å². The Kier molecular flexibility index (Phi) is 6.93. The molecular formula is C23H26N2O4. The number of rotatable bonds is 6. The molecule has 29 heavy (non-hydrogen) atoms. The van der Waals surface area contributed by atoms with Crippen LogP contribution in [0.1, 0.15) is 42.2 Å². The minimum absolute atomic E-state index is 0.111. The molecule has 0 aliphatic rings. The second kappa shape index (κ2) is 9.19. The van der Waals surface area contributed by atoms with Crippen LogP contribution in [0.4, 0.5) is 0 Å². The largest absolute Gasteiger partial charge is 0.496 e. The van der Waals surface area contributed by atoms with Gasteiger partial charge in [0.1, 0.15) is 5.75 Å². The number of carbonyl (C=O) groups is 3. The molecule has 0 aliphatic heterocycles. The van der Waals surface area contributed by atoms with Crippen LogP contribution < -0.4 is 4.74 Å². The summed E-state index contributed by atoms with van der Waals surface area (Å²) in [6.07, 6.45) is 3.12. The standard InChI is InChI=1S/C23H26N2O4/c1-15-13-18(21(29-6)14-19(15)23(28)25(4)5)11-12-20(26)16-7-9-17(10-8-16)22(27)24(2)3/h7-14H,1-6H3. The van der Waals surface area contributed by atoms with Gasteiger partial charge in [0.25, 0.3) is 11.8 Å².